The Morgan fingerprint density at radius 1 is 1.23 bits per heavy atom. The summed E-state index contributed by atoms with van der Waals surface area (Å²) in [5.41, 5.74) is 1.83. The Morgan fingerprint density at radius 2 is 1.97 bits per heavy atom. The largest absolute Gasteiger partial charge is 0.496 e. The van der Waals surface area contributed by atoms with Gasteiger partial charge in [-0.15, -0.1) is 0 Å². The first-order chi connectivity index (χ1) is 14.5. The number of hydrogen-bond acceptors (Lipinski definition) is 4. The first kappa shape index (κ1) is 22.1. The summed E-state index contributed by atoms with van der Waals surface area (Å²) in [6.45, 7) is 1.07. The van der Waals surface area contributed by atoms with Crippen LogP contribution in [-0.2, 0) is 4.74 Å². The van der Waals surface area contributed by atoms with Gasteiger partial charge < -0.3 is 25.0 Å². The van der Waals surface area contributed by atoms with Crippen molar-refractivity contribution in [2.75, 3.05) is 34.4 Å². The van der Waals surface area contributed by atoms with Crippen molar-refractivity contribution < 1.29 is 18.7 Å². The standard InChI is InChI=1S/C23H30FN3O3/c1-27(2)19(18-7-4-5-8-20(18)29-3)15-25-23(28)26-22(21-9-6-14-30-21)16-10-12-17(24)13-11-16/h4-5,7-8,10-13,19,21-22H,6,9,14-15H2,1-3H3,(H2,25,26,28). The van der Waals surface area contributed by atoms with Gasteiger partial charge in [-0.2, -0.15) is 0 Å². The second-order valence-corrected chi connectivity index (χ2v) is 7.66. The van der Waals surface area contributed by atoms with E-state index in [1.165, 1.54) is 12.1 Å². The van der Waals surface area contributed by atoms with Crippen molar-refractivity contribution in [2.45, 2.75) is 31.0 Å². The van der Waals surface area contributed by atoms with Crippen LogP contribution in [0, 0.1) is 5.82 Å². The Labute approximate surface area is 177 Å². The van der Waals surface area contributed by atoms with Gasteiger partial charge in [0.15, 0.2) is 0 Å². The number of hydrogen-bond donors (Lipinski definition) is 2. The highest BCUT2D eigenvalue weighted by atomic mass is 19.1. The molecule has 0 aromatic heterocycles. The summed E-state index contributed by atoms with van der Waals surface area (Å²) in [4.78, 5) is 14.8. The number of rotatable bonds is 8. The van der Waals surface area contributed by atoms with Crippen molar-refractivity contribution in [1.29, 1.82) is 0 Å². The van der Waals surface area contributed by atoms with Gasteiger partial charge in [0.05, 0.1) is 25.3 Å². The zero-order chi connectivity index (χ0) is 21.5. The zero-order valence-corrected chi connectivity index (χ0v) is 17.7. The van der Waals surface area contributed by atoms with E-state index in [1.54, 1.807) is 19.2 Å². The lowest BCUT2D eigenvalue weighted by Crippen LogP contribution is -2.44. The van der Waals surface area contributed by atoms with Crippen LogP contribution in [0.2, 0.25) is 0 Å². The number of ether oxygens (including phenoxy) is 2. The lowest BCUT2D eigenvalue weighted by Gasteiger charge is -2.28. The third kappa shape index (κ3) is 5.49. The van der Waals surface area contributed by atoms with Crippen LogP contribution < -0.4 is 15.4 Å². The van der Waals surface area contributed by atoms with Crippen LogP contribution in [0.25, 0.3) is 0 Å². The Kier molecular flexibility index (Phi) is 7.65. The van der Waals surface area contributed by atoms with E-state index in [2.05, 4.69) is 10.6 Å². The molecule has 0 radical (unpaired) electrons. The first-order valence-electron chi connectivity index (χ1n) is 10.2. The molecule has 0 bridgehead atoms. The summed E-state index contributed by atoms with van der Waals surface area (Å²) < 4.78 is 24.6. The second-order valence-electron chi connectivity index (χ2n) is 7.66. The Morgan fingerprint density at radius 3 is 2.60 bits per heavy atom. The monoisotopic (exact) mass is 415 g/mol. The van der Waals surface area contributed by atoms with E-state index in [-0.39, 0.29) is 30.0 Å². The van der Waals surface area contributed by atoms with Crippen molar-refractivity contribution in [1.82, 2.24) is 15.5 Å². The molecule has 0 saturated carbocycles. The molecule has 6 nitrogen and oxygen atoms in total. The minimum absolute atomic E-state index is 0.0566. The van der Waals surface area contributed by atoms with Crippen LogP contribution in [0.1, 0.15) is 36.1 Å². The maximum atomic E-state index is 13.4. The Balaban J connectivity index is 1.69. The number of carbonyl (C=O) groups excluding carboxylic acids is 1. The fraction of sp³-hybridized carbons (Fsp3) is 0.435. The third-order valence-electron chi connectivity index (χ3n) is 5.43. The summed E-state index contributed by atoms with van der Waals surface area (Å²) in [7, 11) is 5.56. The van der Waals surface area contributed by atoms with Gasteiger partial charge in [0.1, 0.15) is 11.6 Å². The van der Waals surface area contributed by atoms with Gasteiger partial charge in [-0.1, -0.05) is 30.3 Å². The van der Waals surface area contributed by atoms with E-state index in [0.717, 1.165) is 29.7 Å². The average molecular weight is 416 g/mol. The summed E-state index contributed by atoms with van der Waals surface area (Å²) in [5, 5.41) is 5.99. The van der Waals surface area contributed by atoms with Crippen LogP contribution >= 0.6 is 0 Å². The summed E-state index contributed by atoms with van der Waals surface area (Å²) in [5.74, 6) is 0.474. The lowest BCUT2D eigenvalue weighted by molar-refractivity contribution is 0.0806. The highest BCUT2D eigenvalue weighted by Crippen LogP contribution is 2.28. The molecule has 1 saturated heterocycles. The molecule has 30 heavy (non-hydrogen) atoms. The van der Waals surface area contributed by atoms with Crippen molar-refractivity contribution in [3.63, 3.8) is 0 Å². The normalized spacial score (nSPS) is 18.1. The molecule has 1 aliphatic rings. The topological polar surface area (TPSA) is 62.8 Å². The molecule has 2 aromatic rings. The summed E-state index contributed by atoms with van der Waals surface area (Å²) in [6.07, 6.45) is 1.67. The molecule has 3 rings (SSSR count). The van der Waals surface area contributed by atoms with Crippen LogP contribution in [0.4, 0.5) is 9.18 Å². The lowest BCUT2D eigenvalue weighted by atomic mass is 9.99. The molecule has 3 atom stereocenters. The fourth-order valence-corrected chi connectivity index (χ4v) is 3.82. The molecule has 1 fully saturated rings. The van der Waals surface area contributed by atoms with E-state index >= 15 is 0 Å². The highest BCUT2D eigenvalue weighted by Gasteiger charge is 2.29. The van der Waals surface area contributed by atoms with Crippen LogP contribution in [-0.4, -0.2) is 51.4 Å². The number of para-hydroxylation sites is 1. The predicted molar refractivity (Wildman–Crippen MR) is 114 cm³/mol. The molecule has 2 aromatic carbocycles. The SMILES string of the molecule is COc1ccccc1C(CNC(=O)NC(c1ccc(F)cc1)C1CCCO1)N(C)C. The minimum Gasteiger partial charge on any atom is -0.496 e. The van der Waals surface area contributed by atoms with E-state index in [1.807, 2.05) is 43.3 Å². The van der Waals surface area contributed by atoms with Crippen LogP contribution in [0.3, 0.4) is 0 Å². The fourth-order valence-electron chi connectivity index (χ4n) is 3.82. The number of urea groups is 1. The van der Waals surface area contributed by atoms with E-state index < -0.39 is 0 Å². The molecule has 7 heteroatoms. The number of carbonyl (C=O) groups is 1. The van der Waals surface area contributed by atoms with Gasteiger partial charge in [0, 0.05) is 18.7 Å². The predicted octanol–water partition coefficient (Wildman–Crippen LogP) is 3.66. The van der Waals surface area contributed by atoms with Gasteiger partial charge >= 0.3 is 6.03 Å². The van der Waals surface area contributed by atoms with E-state index in [9.17, 15) is 9.18 Å². The number of amides is 2. The van der Waals surface area contributed by atoms with Crippen LogP contribution in [0.5, 0.6) is 5.75 Å². The van der Waals surface area contributed by atoms with Gasteiger partial charge in [0.25, 0.3) is 0 Å². The van der Waals surface area contributed by atoms with Crippen LogP contribution in [0.15, 0.2) is 48.5 Å². The maximum absolute atomic E-state index is 13.4. The Hall–Kier alpha value is -2.64. The molecule has 0 aliphatic carbocycles. The molecule has 162 valence electrons. The second kappa shape index (κ2) is 10.4. The van der Waals surface area contributed by atoms with Gasteiger partial charge in [-0.05, 0) is 50.7 Å². The van der Waals surface area contributed by atoms with Crippen molar-refractivity contribution >= 4 is 6.03 Å². The molecular formula is C23H30FN3O3. The van der Waals surface area contributed by atoms with Crippen molar-refractivity contribution in [3.05, 3.63) is 65.5 Å². The smallest absolute Gasteiger partial charge is 0.315 e. The number of nitrogens with one attached hydrogen (secondary N) is 2. The minimum atomic E-state index is -0.336. The molecule has 2 amide bonds. The molecule has 0 spiro atoms. The van der Waals surface area contributed by atoms with E-state index in [0.29, 0.717) is 13.2 Å². The molecule has 3 unspecified atom stereocenters. The Bertz CT molecular complexity index is 823. The number of halogens is 1. The van der Waals surface area contributed by atoms with Gasteiger partial charge in [0.2, 0.25) is 0 Å². The maximum Gasteiger partial charge on any atom is 0.315 e. The highest BCUT2D eigenvalue weighted by molar-refractivity contribution is 5.74. The quantitative estimate of drug-likeness (QED) is 0.691. The number of nitrogens with zero attached hydrogens (tertiary/aromatic N) is 1. The van der Waals surface area contributed by atoms with Gasteiger partial charge in [-0.3, -0.25) is 0 Å². The number of likely N-dealkylation sites (N-methyl/N-ethyl adjacent to an activating group) is 1. The summed E-state index contributed by atoms with van der Waals surface area (Å²) >= 11 is 0. The number of methoxy groups -OCH3 is 1. The average Bonchev–Trinajstić information content (AvgIpc) is 3.27. The summed E-state index contributed by atoms with van der Waals surface area (Å²) in [6, 6.07) is 13.3. The third-order valence-corrected chi connectivity index (χ3v) is 5.43. The van der Waals surface area contributed by atoms with Gasteiger partial charge in [-0.25, -0.2) is 9.18 Å². The number of benzene rings is 2. The van der Waals surface area contributed by atoms with E-state index in [4.69, 9.17) is 9.47 Å². The first-order valence-corrected chi connectivity index (χ1v) is 10.2. The molecule has 1 aliphatic heterocycles. The molecule has 2 N–H and O–H groups in total. The zero-order valence-electron chi connectivity index (χ0n) is 17.7. The van der Waals surface area contributed by atoms with Crippen molar-refractivity contribution in [2.24, 2.45) is 0 Å². The molecule has 1 heterocycles. The molecular weight excluding hydrogens is 385 g/mol. The van der Waals surface area contributed by atoms with Crippen molar-refractivity contribution in [3.8, 4) is 5.75 Å².